The second-order valence-corrected chi connectivity index (χ2v) is 10.4. The summed E-state index contributed by atoms with van der Waals surface area (Å²) in [4.78, 5) is 17.0. The number of hydrogen-bond acceptors (Lipinski definition) is 6. The highest BCUT2D eigenvalue weighted by Gasteiger charge is 2.52. The van der Waals surface area contributed by atoms with Gasteiger partial charge in [0, 0.05) is 18.7 Å². The molecule has 2 aromatic carbocycles. The van der Waals surface area contributed by atoms with Gasteiger partial charge in [-0.25, -0.2) is 4.79 Å². The number of carbonyl (C=O) groups is 1. The van der Waals surface area contributed by atoms with Crippen molar-refractivity contribution >= 4 is 19.3 Å². The molecule has 1 aromatic heterocycles. The molecule has 2 heterocycles. The molecule has 1 saturated heterocycles. The van der Waals surface area contributed by atoms with Crippen LogP contribution in [0.2, 0.25) is 0 Å². The molecular formula is C29H31BN2O5. The minimum Gasteiger partial charge on any atom is -0.506 e. The largest absolute Gasteiger partial charge is 0.506 e. The molecule has 5 rings (SSSR count). The molecule has 0 bridgehead atoms. The van der Waals surface area contributed by atoms with Crippen LogP contribution in [0, 0.1) is 0 Å². The summed E-state index contributed by atoms with van der Waals surface area (Å²) in [6, 6.07) is 19.6. The third kappa shape index (κ3) is 4.87. The maximum absolute atomic E-state index is 12.8. The maximum Gasteiger partial charge on any atom is 0.492 e. The Morgan fingerprint density at radius 2 is 1.59 bits per heavy atom. The Hall–Kier alpha value is -3.62. The van der Waals surface area contributed by atoms with Gasteiger partial charge in [-0.05, 0) is 73.6 Å². The fraction of sp³-hybridized carbons (Fsp3) is 0.310. The number of amides is 1. The SMILES string of the molecule is CC1(C)OB(C(=Cc2ncccc2O)CNC(=O)OCC2c3ccccc3-c3ccccc32)OC1(C)C. The molecule has 1 amide bonds. The second-order valence-electron chi connectivity index (χ2n) is 10.4. The number of nitrogens with one attached hydrogen (secondary N) is 1. The summed E-state index contributed by atoms with van der Waals surface area (Å²) >= 11 is 0. The van der Waals surface area contributed by atoms with Crippen molar-refractivity contribution in [3.8, 4) is 16.9 Å². The van der Waals surface area contributed by atoms with Gasteiger partial charge in [-0.3, -0.25) is 4.98 Å². The Labute approximate surface area is 217 Å². The highest BCUT2D eigenvalue weighted by atomic mass is 16.7. The first-order chi connectivity index (χ1) is 17.7. The minimum atomic E-state index is -0.722. The zero-order chi connectivity index (χ0) is 26.2. The van der Waals surface area contributed by atoms with E-state index in [1.54, 1.807) is 24.4 Å². The summed E-state index contributed by atoms with van der Waals surface area (Å²) in [7, 11) is -0.722. The molecule has 2 aliphatic rings. The summed E-state index contributed by atoms with van der Waals surface area (Å²) in [6.45, 7) is 8.16. The number of aromatic hydroxyl groups is 1. The number of rotatable bonds is 6. The number of ether oxygens (including phenoxy) is 1. The molecular weight excluding hydrogens is 467 g/mol. The van der Waals surface area contributed by atoms with Gasteiger partial charge in [0.2, 0.25) is 0 Å². The number of alkyl carbamates (subject to hydrolysis) is 1. The first kappa shape index (κ1) is 25.1. The summed E-state index contributed by atoms with van der Waals surface area (Å²) in [5.74, 6) is -0.000571. The number of hydrogen-bond donors (Lipinski definition) is 2. The Morgan fingerprint density at radius 3 is 2.19 bits per heavy atom. The molecule has 2 N–H and O–H groups in total. The normalized spacial score (nSPS) is 17.8. The zero-order valence-corrected chi connectivity index (χ0v) is 21.5. The number of aromatic nitrogens is 1. The van der Waals surface area contributed by atoms with Crippen molar-refractivity contribution in [2.75, 3.05) is 13.2 Å². The fourth-order valence-corrected chi connectivity index (χ4v) is 4.72. The predicted octanol–water partition coefficient (Wildman–Crippen LogP) is 5.34. The van der Waals surface area contributed by atoms with Crippen LogP contribution in [-0.4, -0.2) is 47.7 Å². The topological polar surface area (TPSA) is 89.9 Å². The van der Waals surface area contributed by atoms with Crippen molar-refractivity contribution in [3.63, 3.8) is 0 Å². The predicted molar refractivity (Wildman–Crippen MR) is 143 cm³/mol. The van der Waals surface area contributed by atoms with Crippen LogP contribution in [0.5, 0.6) is 5.75 Å². The number of pyridine rings is 1. The van der Waals surface area contributed by atoms with E-state index in [4.69, 9.17) is 14.0 Å². The number of fused-ring (bicyclic) bond motifs is 3. The Bertz CT molecular complexity index is 1290. The molecule has 0 unspecified atom stereocenters. The van der Waals surface area contributed by atoms with Crippen LogP contribution in [0.25, 0.3) is 17.2 Å². The summed E-state index contributed by atoms with van der Waals surface area (Å²) in [5, 5.41) is 13.1. The van der Waals surface area contributed by atoms with Crippen LogP contribution < -0.4 is 5.32 Å². The van der Waals surface area contributed by atoms with E-state index in [9.17, 15) is 9.90 Å². The molecule has 7 nitrogen and oxygen atoms in total. The van der Waals surface area contributed by atoms with Crippen molar-refractivity contribution in [3.05, 3.63) is 89.2 Å². The standard InChI is InChI=1S/C29H31BN2O5/c1-28(2)29(3,4)37-30(36-28)19(16-25-26(33)14-9-15-31-25)17-32-27(34)35-18-24-22-12-7-5-10-20(22)21-11-6-8-13-23(21)24/h5-16,24,33H,17-18H2,1-4H3,(H,32,34). The zero-order valence-electron chi connectivity index (χ0n) is 21.5. The van der Waals surface area contributed by atoms with Gasteiger partial charge in [-0.2, -0.15) is 0 Å². The van der Waals surface area contributed by atoms with Crippen molar-refractivity contribution in [1.29, 1.82) is 0 Å². The van der Waals surface area contributed by atoms with Gasteiger partial charge >= 0.3 is 13.2 Å². The quantitative estimate of drug-likeness (QED) is 0.446. The summed E-state index contributed by atoms with van der Waals surface area (Å²) in [6.07, 6.45) is 2.72. The lowest BCUT2D eigenvalue weighted by molar-refractivity contribution is 0.00578. The average molecular weight is 498 g/mol. The number of carbonyl (C=O) groups excluding carboxylic acids is 1. The van der Waals surface area contributed by atoms with Crippen molar-refractivity contribution < 1.29 is 23.9 Å². The fourth-order valence-electron chi connectivity index (χ4n) is 4.72. The summed E-state index contributed by atoms with van der Waals surface area (Å²) in [5.41, 5.74) is 4.50. The molecule has 8 heteroatoms. The third-order valence-corrected chi connectivity index (χ3v) is 7.47. The first-order valence-electron chi connectivity index (χ1n) is 12.5. The second kappa shape index (κ2) is 9.69. The lowest BCUT2D eigenvalue weighted by Gasteiger charge is -2.32. The number of benzene rings is 2. The molecule has 1 aliphatic carbocycles. The molecule has 1 aliphatic heterocycles. The summed E-state index contributed by atoms with van der Waals surface area (Å²) < 4.78 is 18.1. The van der Waals surface area contributed by atoms with Crippen molar-refractivity contribution in [1.82, 2.24) is 10.3 Å². The molecule has 37 heavy (non-hydrogen) atoms. The van der Waals surface area contributed by atoms with Gasteiger partial charge < -0.3 is 24.5 Å². The molecule has 0 radical (unpaired) electrons. The molecule has 190 valence electrons. The van der Waals surface area contributed by atoms with E-state index in [-0.39, 0.29) is 24.8 Å². The Kier molecular flexibility index (Phi) is 6.56. The third-order valence-electron chi connectivity index (χ3n) is 7.47. The van der Waals surface area contributed by atoms with Crippen LogP contribution in [-0.2, 0) is 14.0 Å². The molecule has 3 aromatic rings. The Balaban J connectivity index is 1.30. The minimum absolute atomic E-state index is 0.0256. The first-order valence-corrected chi connectivity index (χ1v) is 12.5. The van der Waals surface area contributed by atoms with Gasteiger partial charge in [-0.1, -0.05) is 48.5 Å². The van der Waals surface area contributed by atoms with E-state index in [0.717, 1.165) is 11.1 Å². The van der Waals surface area contributed by atoms with Crippen LogP contribution in [0.1, 0.15) is 50.4 Å². The molecule has 0 spiro atoms. The van der Waals surface area contributed by atoms with E-state index in [1.165, 1.54) is 11.1 Å². The lowest BCUT2D eigenvalue weighted by atomic mass is 9.77. The van der Waals surface area contributed by atoms with E-state index < -0.39 is 24.4 Å². The van der Waals surface area contributed by atoms with Crippen LogP contribution in [0.3, 0.4) is 0 Å². The molecule has 0 atom stereocenters. The van der Waals surface area contributed by atoms with E-state index in [1.807, 2.05) is 52.0 Å². The van der Waals surface area contributed by atoms with Gasteiger partial charge in [0.05, 0.1) is 11.2 Å². The average Bonchev–Trinajstić information content (AvgIpc) is 3.30. The van der Waals surface area contributed by atoms with Gasteiger partial charge in [0.25, 0.3) is 0 Å². The van der Waals surface area contributed by atoms with Crippen molar-refractivity contribution in [2.24, 2.45) is 0 Å². The highest BCUT2D eigenvalue weighted by Crippen LogP contribution is 2.44. The Morgan fingerprint density at radius 1 is 1.00 bits per heavy atom. The maximum atomic E-state index is 12.8. The van der Waals surface area contributed by atoms with Crippen LogP contribution in [0.4, 0.5) is 4.79 Å². The molecule has 1 fully saturated rings. The monoisotopic (exact) mass is 498 g/mol. The number of nitrogens with zero attached hydrogens (tertiary/aromatic N) is 1. The van der Waals surface area contributed by atoms with Crippen LogP contribution >= 0.6 is 0 Å². The van der Waals surface area contributed by atoms with E-state index in [0.29, 0.717) is 11.2 Å². The van der Waals surface area contributed by atoms with Crippen molar-refractivity contribution in [2.45, 2.75) is 44.8 Å². The van der Waals surface area contributed by atoms with E-state index >= 15 is 0 Å². The van der Waals surface area contributed by atoms with E-state index in [2.05, 4.69) is 34.6 Å². The smallest absolute Gasteiger partial charge is 0.492 e. The lowest BCUT2D eigenvalue weighted by Crippen LogP contribution is -2.41. The van der Waals surface area contributed by atoms with Gasteiger partial charge in [0.15, 0.2) is 0 Å². The highest BCUT2D eigenvalue weighted by molar-refractivity contribution is 6.56. The molecule has 0 saturated carbocycles. The van der Waals surface area contributed by atoms with Crippen LogP contribution in [0.15, 0.2) is 72.3 Å². The van der Waals surface area contributed by atoms with Gasteiger partial charge in [-0.15, -0.1) is 0 Å². The van der Waals surface area contributed by atoms with Gasteiger partial charge in [0.1, 0.15) is 18.1 Å².